The molecule has 0 bridgehead atoms. The first kappa shape index (κ1) is 18.9. The third kappa shape index (κ3) is 5.27. The van der Waals surface area contributed by atoms with Gasteiger partial charge in [0.1, 0.15) is 11.5 Å². The summed E-state index contributed by atoms with van der Waals surface area (Å²) >= 11 is 0. The van der Waals surface area contributed by atoms with Crippen molar-refractivity contribution in [3.63, 3.8) is 0 Å². The van der Waals surface area contributed by atoms with Crippen LogP contribution in [0.3, 0.4) is 0 Å². The molecule has 0 amide bonds. The highest BCUT2D eigenvalue weighted by molar-refractivity contribution is 5.54. The van der Waals surface area contributed by atoms with E-state index in [-0.39, 0.29) is 25.9 Å². The Labute approximate surface area is 147 Å². The highest BCUT2D eigenvalue weighted by Gasteiger charge is 2.32. The Bertz CT molecular complexity index is 748. The third-order valence-corrected chi connectivity index (χ3v) is 3.03. The molecule has 2 aromatic rings. The van der Waals surface area contributed by atoms with Gasteiger partial charge in [-0.3, -0.25) is 4.98 Å². The molecule has 0 aliphatic heterocycles. The summed E-state index contributed by atoms with van der Waals surface area (Å²) in [4.78, 5) is 16.3. The average molecular weight is 358 g/mol. The summed E-state index contributed by atoms with van der Waals surface area (Å²) in [7, 11) is 0. The van der Waals surface area contributed by atoms with E-state index in [1.807, 2.05) is 34.6 Å². The van der Waals surface area contributed by atoms with E-state index in [9.17, 15) is 13.2 Å². The van der Waals surface area contributed by atoms with Crippen LogP contribution >= 0.6 is 0 Å². The SMILES string of the molecule is CC(C)Nc1nc(Nc2ccnc(C(F)(F)F)c2)nc(C(C)(C)C)n1.[HH].[HH]. The Balaban J connectivity index is 0.00000338. The Hall–Kier alpha value is -2.45. The molecule has 2 heterocycles. The molecule has 6 nitrogen and oxygen atoms in total. The number of nitrogens with one attached hydrogen (secondary N) is 2. The molecular weight excluding hydrogens is 333 g/mol. The van der Waals surface area contributed by atoms with E-state index < -0.39 is 11.9 Å². The summed E-state index contributed by atoms with van der Waals surface area (Å²) in [5, 5.41) is 5.88. The van der Waals surface area contributed by atoms with Crippen molar-refractivity contribution in [1.82, 2.24) is 19.9 Å². The number of halogens is 3. The van der Waals surface area contributed by atoms with Crippen molar-refractivity contribution in [2.24, 2.45) is 0 Å². The molecule has 140 valence electrons. The van der Waals surface area contributed by atoms with Crippen LogP contribution in [0.25, 0.3) is 0 Å². The lowest BCUT2D eigenvalue weighted by atomic mass is 9.96. The summed E-state index contributed by atoms with van der Waals surface area (Å²) in [6.07, 6.45) is -3.43. The van der Waals surface area contributed by atoms with Gasteiger partial charge in [0, 0.05) is 26.2 Å². The van der Waals surface area contributed by atoms with Gasteiger partial charge in [-0.2, -0.15) is 28.1 Å². The van der Waals surface area contributed by atoms with E-state index in [2.05, 4.69) is 30.6 Å². The molecule has 25 heavy (non-hydrogen) atoms. The highest BCUT2D eigenvalue weighted by atomic mass is 19.4. The third-order valence-electron chi connectivity index (χ3n) is 3.03. The molecule has 0 spiro atoms. The van der Waals surface area contributed by atoms with Gasteiger partial charge in [-0.25, -0.2) is 0 Å². The smallest absolute Gasteiger partial charge is 0.352 e. The van der Waals surface area contributed by atoms with Crippen molar-refractivity contribution in [3.8, 4) is 0 Å². The molecule has 0 unspecified atom stereocenters. The molecule has 0 saturated heterocycles. The van der Waals surface area contributed by atoms with Gasteiger partial charge in [0.2, 0.25) is 11.9 Å². The molecule has 0 aromatic carbocycles. The molecule has 2 rings (SSSR count). The summed E-state index contributed by atoms with van der Waals surface area (Å²) < 4.78 is 38.4. The van der Waals surface area contributed by atoms with Crippen molar-refractivity contribution in [3.05, 3.63) is 29.8 Å². The lowest BCUT2D eigenvalue weighted by Crippen LogP contribution is -2.21. The van der Waals surface area contributed by atoms with Gasteiger partial charge < -0.3 is 10.6 Å². The van der Waals surface area contributed by atoms with Gasteiger partial charge in [-0.15, -0.1) is 0 Å². The van der Waals surface area contributed by atoms with Gasteiger partial charge in [0.25, 0.3) is 0 Å². The van der Waals surface area contributed by atoms with Crippen molar-refractivity contribution in [2.45, 2.75) is 52.3 Å². The number of rotatable bonds is 4. The molecule has 0 aliphatic carbocycles. The first-order valence-corrected chi connectivity index (χ1v) is 7.78. The van der Waals surface area contributed by atoms with Crippen LogP contribution in [-0.4, -0.2) is 26.0 Å². The summed E-state index contributed by atoms with van der Waals surface area (Å²) in [5.41, 5.74) is -1.13. The molecule has 0 fully saturated rings. The maximum Gasteiger partial charge on any atom is 0.433 e. The minimum absolute atomic E-state index is 0. The average Bonchev–Trinajstić information content (AvgIpc) is 2.44. The van der Waals surface area contributed by atoms with Crippen LogP contribution in [0.4, 0.5) is 30.8 Å². The van der Waals surface area contributed by atoms with Gasteiger partial charge in [0.15, 0.2) is 0 Å². The number of nitrogens with zero attached hydrogens (tertiary/aromatic N) is 4. The standard InChI is InChI=1S/C16H21F3N6.2H2/c1-9(2)21-13-23-12(15(3,4)5)24-14(25-13)22-10-6-7-20-11(8-10)16(17,18)19;;/h6-9H,1-5H3,(H2,20,21,22,23,24,25);2*1H. The normalized spacial score (nSPS) is 12.4. The second-order valence-corrected chi connectivity index (χ2v) is 6.91. The second kappa shape index (κ2) is 6.81. The first-order chi connectivity index (χ1) is 11.4. The molecule has 2 N–H and O–H groups in total. The molecular formula is C16H25F3N6. The number of hydrogen-bond donors (Lipinski definition) is 2. The van der Waals surface area contributed by atoms with Gasteiger partial charge in [0.05, 0.1) is 0 Å². The summed E-state index contributed by atoms with van der Waals surface area (Å²) in [6, 6.07) is 2.43. The zero-order valence-corrected chi connectivity index (χ0v) is 14.7. The van der Waals surface area contributed by atoms with E-state index >= 15 is 0 Å². The quantitative estimate of drug-likeness (QED) is 0.829. The topological polar surface area (TPSA) is 75.6 Å². The number of pyridine rings is 1. The lowest BCUT2D eigenvalue weighted by molar-refractivity contribution is -0.141. The van der Waals surface area contributed by atoms with Crippen molar-refractivity contribution in [1.29, 1.82) is 0 Å². The van der Waals surface area contributed by atoms with E-state index in [1.165, 1.54) is 6.07 Å². The van der Waals surface area contributed by atoms with Crippen LogP contribution in [0.5, 0.6) is 0 Å². The highest BCUT2D eigenvalue weighted by Crippen LogP contribution is 2.29. The Kier molecular flexibility index (Phi) is 5.15. The number of aromatic nitrogens is 4. The van der Waals surface area contributed by atoms with E-state index in [0.717, 1.165) is 12.3 Å². The van der Waals surface area contributed by atoms with E-state index in [0.29, 0.717) is 11.8 Å². The second-order valence-electron chi connectivity index (χ2n) is 6.91. The van der Waals surface area contributed by atoms with Crippen LogP contribution in [0.15, 0.2) is 18.3 Å². The maximum absolute atomic E-state index is 12.8. The van der Waals surface area contributed by atoms with Crippen LogP contribution in [0, 0.1) is 0 Å². The predicted octanol–water partition coefficient (Wildman–Crippen LogP) is 4.64. The number of anilines is 3. The minimum atomic E-state index is -4.52. The first-order valence-electron chi connectivity index (χ1n) is 7.78. The van der Waals surface area contributed by atoms with Crippen LogP contribution < -0.4 is 10.6 Å². The van der Waals surface area contributed by atoms with E-state index in [4.69, 9.17) is 0 Å². The van der Waals surface area contributed by atoms with Crippen LogP contribution in [-0.2, 0) is 11.6 Å². The van der Waals surface area contributed by atoms with Crippen molar-refractivity contribution < 1.29 is 16.0 Å². The maximum atomic E-state index is 12.8. The Morgan fingerprint density at radius 2 is 1.68 bits per heavy atom. The molecule has 0 atom stereocenters. The van der Waals surface area contributed by atoms with Crippen molar-refractivity contribution >= 4 is 17.6 Å². The molecule has 0 aliphatic rings. The molecule has 0 radical (unpaired) electrons. The van der Waals surface area contributed by atoms with Crippen LogP contribution in [0.1, 0.15) is 49.0 Å². The molecule has 2 aromatic heterocycles. The largest absolute Gasteiger partial charge is 0.433 e. The number of hydrogen-bond acceptors (Lipinski definition) is 6. The lowest BCUT2D eigenvalue weighted by Gasteiger charge is -2.19. The van der Waals surface area contributed by atoms with Gasteiger partial charge >= 0.3 is 6.18 Å². The van der Waals surface area contributed by atoms with Crippen molar-refractivity contribution in [2.75, 3.05) is 10.6 Å². The fraction of sp³-hybridized carbons (Fsp3) is 0.500. The van der Waals surface area contributed by atoms with Crippen LogP contribution in [0.2, 0.25) is 0 Å². The fourth-order valence-electron chi connectivity index (χ4n) is 1.88. The van der Waals surface area contributed by atoms with Gasteiger partial charge in [-0.1, -0.05) is 20.8 Å². The number of alkyl halides is 3. The predicted molar refractivity (Wildman–Crippen MR) is 94.0 cm³/mol. The zero-order chi connectivity index (χ0) is 18.8. The van der Waals surface area contributed by atoms with E-state index in [1.54, 1.807) is 0 Å². The Morgan fingerprint density at radius 3 is 2.24 bits per heavy atom. The molecule has 0 saturated carbocycles. The van der Waals surface area contributed by atoms with Gasteiger partial charge in [-0.05, 0) is 26.0 Å². The fourth-order valence-corrected chi connectivity index (χ4v) is 1.88. The Morgan fingerprint density at radius 1 is 1.04 bits per heavy atom. The zero-order valence-electron chi connectivity index (χ0n) is 14.7. The summed E-state index contributed by atoms with van der Waals surface area (Å²) in [6.45, 7) is 9.70. The summed E-state index contributed by atoms with van der Waals surface area (Å²) in [5.74, 6) is 1.06. The molecule has 9 heteroatoms. The monoisotopic (exact) mass is 358 g/mol. The minimum Gasteiger partial charge on any atom is -0.352 e.